The van der Waals surface area contributed by atoms with E-state index in [4.69, 9.17) is 9.47 Å². The van der Waals surface area contributed by atoms with Crippen LogP contribution in [0.4, 0.5) is 0 Å². The second kappa shape index (κ2) is 7.27. The zero-order chi connectivity index (χ0) is 13.4. The first-order valence-electron chi connectivity index (χ1n) is 5.66. The van der Waals surface area contributed by atoms with Crippen molar-refractivity contribution in [3.05, 3.63) is 35.4 Å². The quantitative estimate of drug-likeness (QED) is 0.573. The van der Waals surface area contributed by atoms with Crippen molar-refractivity contribution in [3.63, 3.8) is 0 Å². The summed E-state index contributed by atoms with van der Waals surface area (Å²) >= 11 is 0. The molecule has 0 aliphatic heterocycles. The first-order valence-corrected chi connectivity index (χ1v) is 5.66. The molecule has 0 N–H and O–H groups in total. The van der Waals surface area contributed by atoms with E-state index >= 15 is 0 Å². The van der Waals surface area contributed by atoms with Crippen LogP contribution in [0, 0.1) is 0 Å². The lowest BCUT2D eigenvalue weighted by atomic mass is 10.1. The van der Waals surface area contributed by atoms with Crippen molar-refractivity contribution < 1.29 is 19.1 Å². The maximum atomic E-state index is 11.1. The van der Waals surface area contributed by atoms with Crippen LogP contribution in [0.2, 0.25) is 0 Å². The molecule has 0 spiro atoms. The van der Waals surface area contributed by atoms with Gasteiger partial charge < -0.3 is 9.47 Å². The van der Waals surface area contributed by atoms with Crippen molar-refractivity contribution in [1.29, 1.82) is 0 Å². The Morgan fingerprint density at radius 1 is 1.39 bits per heavy atom. The minimum absolute atomic E-state index is 0.228. The molecule has 1 aromatic rings. The number of rotatable bonds is 6. The highest BCUT2D eigenvalue weighted by Gasteiger charge is 2.02. The Morgan fingerprint density at radius 2 is 2.17 bits per heavy atom. The van der Waals surface area contributed by atoms with Gasteiger partial charge in [0.25, 0.3) is 0 Å². The summed E-state index contributed by atoms with van der Waals surface area (Å²) in [5.41, 5.74) is 1.36. The van der Waals surface area contributed by atoms with Crippen LogP contribution in [0.25, 0.3) is 6.08 Å². The molecule has 96 valence electrons. The molecule has 18 heavy (non-hydrogen) atoms. The highest BCUT2D eigenvalue weighted by atomic mass is 16.5. The molecule has 0 fully saturated rings. The van der Waals surface area contributed by atoms with E-state index < -0.39 is 0 Å². The van der Waals surface area contributed by atoms with Crippen LogP contribution in [-0.2, 0) is 9.53 Å². The zero-order valence-electron chi connectivity index (χ0n) is 10.5. The second-order valence-electron chi connectivity index (χ2n) is 3.53. The van der Waals surface area contributed by atoms with Crippen LogP contribution in [0.5, 0.6) is 5.75 Å². The van der Waals surface area contributed by atoms with Crippen LogP contribution in [-0.4, -0.2) is 26.0 Å². The molecule has 0 aliphatic rings. The number of hydrogen-bond acceptors (Lipinski definition) is 4. The fourth-order valence-electron chi connectivity index (χ4n) is 1.44. The smallest absolute Gasteiger partial charge is 0.309 e. The number of methoxy groups -OCH3 is 1. The monoisotopic (exact) mass is 248 g/mol. The number of aldehydes is 1. The van der Waals surface area contributed by atoms with Crippen LogP contribution in [0.3, 0.4) is 0 Å². The Kier molecular flexibility index (Phi) is 5.64. The van der Waals surface area contributed by atoms with Crippen molar-refractivity contribution in [3.8, 4) is 5.75 Å². The second-order valence-corrected chi connectivity index (χ2v) is 3.53. The van der Waals surface area contributed by atoms with Gasteiger partial charge in [0.1, 0.15) is 5.75 Å². The third-order valence-electron chi connectivity index (χ3n) is 2.28. The lowest BCUT2D eigenvalue weighted by Gasteiger charge is -2.04. The topological polar surface area (TPSA) is 52.6 Å². The SMILES string of the molecule is CCOC(=O)CC=Cc1ccc(C=O)c(OC)c1. The van der Waals surface area contributed by atoms with Gasteiger partial charge in [-0.05, 0) is 24.6 Å². The van der Waals surface area contributed by atoms with E-state index in [9.17, 15) is 9.59 Å². The van der Waals surface area contributed by atoms with Crippen LogP contribution >= 0.6 is 0 Å². The van der Waals surface area contributed by atoms with Gasteiger partial charge in [0.2, 0.25) is 0 Å². The first kappa shape index (κ1) is 14.0. The lowest BCUT2D eigenvalue weighted by Crippen LogP contribution is -2.01. The summed E-state index contributed by atoms with van der Waals surface area (Å²) in [5, 5.41) is 0. The number of benzene rings is 1. The summed E-state index contributed by atoms with van der Waals surface area (Å²) < 4.78 is 9.89. The molecule has 4 nitrogen and oxygen atoms in total. The standard InChI is InChI=1S/C14H16O4/c1-3-18-14(16)6-4-5-11-7-8-12(10-15)13(9-11)17-2/h4-5,7-10H,3,6H2,1-2H3. The zero-order valence-corrected chi connectivity index (χ0v) is 10.5. The molecule has 0 atom stereocenters. The third kappa shape index (κ3) is 4.05. The minimum atomic E-state index is -0.259. The molecule has 0 radical (unpaired) electrons. The summed E-state index contributed by atoms with van der Waals surface area (Å²) in [4.78, 5) is 21.8. The van der Waals surface area contributed by atoms with E-state index in [0.717, 1.165) is 11.8 Å². The minimum Gasteiger partial charge on any atom is -0.496 e. The number of carbonyl (C=O) groups excluding carboxylic acids is 2. The summed E-state index contributed by atoms with van der Waals surface area (Å²) in [6.45, 7) is 2.15. The van der Waals surface area contributed by atoms with E-state index in [0.29, 0.717) is 17.9 Å². The number of hydrogen-bond donors (Lipinski definition) is 0. The summed E-state index contributed by atoms with van der Waals surface area (Å²) in [7, 11) is 1.51. The Morgan fingerprint density at radius 3 is 2.78 bits per heavy atom. The van der Waals surface area contributed by atoms with Crippen molar-refractivity contribution in [2.24, 2.45) is 0 Å². The Labute approximate surface area is 106 Å². The molecule has 0 saturated carbocycles. The number of ether oxygens (including phenoxy) is 2. The van der Waals surface area contributed by atoms with Crippen molar-refractivity contribution >= 4 is 18.3 Å². The molecule has 0 aliphatic carbocycles. The average Bonchev–Trinajstić information content (AvgIpc) is 2.38. The molecular formula is C14H16O4. The third-order valence-corrected chi connectivity index (χ3v) is 2.28. The van der Waals surface area contributed by atoms with Crippen molar-refractivity contribution in [1.82, 2.24) is 0 Å². The van der Waals surface area contributed by atoms with Gasteiger partial charge in [0.15, 0.2) is 6.29 Å². The van der Waals surface area contributed by atoms with E-state index in [1.807, 2.05) is 0 Å². The van der Waals surface area contributed by atoms with Gasteiger partial charge >= 0.3 is 5.97 Å². The van der Waals surface area contributed by atoms with Gasteiger partial charge in [-0.2, -0.15) is 0 Å². The summed E-state index contributed by atoms with van der Waals surface area (Å²) in [6, 6.07) is 5.20. The van der Waals surface area contributed by atoms with Gasteiger partial charge in [0, 0.05) is 0 Å². The normalized spacial score (nSPS) is 10.3. The van der Waals surface area contributed by atoms with Crippen LogP contribution in [0.15, 0.2) is 24.3 Å². The first-order chi connectivity index (χ1) is 8.71. The molecule has 1 aromatic carbocycles. The number of esters is 1. The molecular weight excluding hydrogens is 232 g/mol. The Hall–Kier alpha value is -2.10. The molecule has 4 heteroatoms. The van der Waals surface area contributed by atoms with Gasteiger partial charge in [-0.15, -0.1) is 0 Å². The maximum Gasteiger partial charge on any atom is 0.309 e. The number of carbonyl (C=O) groups is 2. The maximum absolute atomic E-state index is 11.1. The van der Waals surface area contributed by atoms with Gasteiger partial charge in [-0.3, -0.25) is 9.59 Å². The molecule has 0 heterocycles. The molecule has 0 saturated heterocycles. The van der Waals surface area contributed by atoms with Crippen molar-refractivity contribution in [2.45, 2.75) is 13.3 Å². The lowest BCUT2D eigenvalue weighted by molar-refractivity contribution is -0.142. The van der Waals surface area contributed by atoms with E-state index in [1.165, 1.54) is 7.11 Å². The van der Waals surface area contributed by atoms with Gasteiger partial charge in [-0.1, -0.05) is 18.2 Å². The summed E-state index contributed by atoms with van der Waals surface area (Å²) in [5.74, 6) is 0.258. The van der Waals surface area contributed by atoms with E-state index in [2.05, 4.69) is 0 Å². The fourth-order valence-corrected chi connectivity index (χ4v) is 1.44. The fraction of sp³-hybridized carbons (Fsp3) is 0.286. The predicted molar refractivity (Wildman–Crippen MR) is 68.7 cm³/mol. The predicted octanol–water partition coefficient (Wildman–Crippen LogP) is 2.47. The van der Waals surface area contributed by atoms with Crippen LogP contribution in [0.1, 0.15) is 29.3 Å². The van der Waals surface area contributed by atoms with Crippen molar-refractivity contribution in [2.75, 3.05) is 13.7 Å². The molecule has 1 rings (SSSR count). The highest BCUT2D eigenvalue weighted by molar-refractivity contribution is 5.80. The molecule has 0 aromatic heterocycles. The Bertz CT molecular complexity index is 449. The molecule has 0 amide bonds. The van der Waals surface area contributed by atoms with E-state index in [-0.39, 0.29) is 12.4 Å². The van der Waals surface area contributed by atoms with Gasteiger partial charge in [0.05, 0.1) is 25.7 Å². The molecule has 0 unspecified atom stereocenters. The van der Waals surface area contributed by atoms with Gasteiger partial charge in [-0.25, -0.2) is 0 Å². The Balaban J connectivity index is 2.70. The van der Waals surface area contributed by atoms with E-state index in [1.54, 1.807) is 37.3 Å². The largest absolute Gasteiger partial charge is 0.496 e. The summed E-state index contributed by atoms with van der Waals surface area (Å²) in [6.07, 6.45) is 4.47. The van der Waals surface area contributed by atoms with Crippen LogP contribution < -0.4 is 4.74 Å². The average molecular weight is 248 g/mol. The molecule has 0 bridgehead atoms. The highest BCUT2D eigenvalue weighted by Crippen LogP contribution is 2.19.